The van der Waals surface area contributed by atoms with Gasteiger partial charge in [-0.3, -0.25) is 5.10 Å². The Balaban J connectivity index is 2.08. The van der Waals surface area contributed by atoms with Crippen LogP contribution in [0.4, 0.5) is 0 Å². The van der Waals surface area contributed by atoms with Crippen LogP contribution in [-0.4, -0.2) is 14.8 Å². The molecule has 0 saturated carbocycles. The van der Waals surface area contributed by atoms with Gasteiger partial charge >= 0.3 is 0 Å². The van der Waals surface area contributed by atoms with E-state index in [-0.39, 0.29) is 0 Å². The Labute approximate surface area is 117 Å². The lowest BCUT2D eigenvalue weighted by Crippen LogP contribution is -2.08. The average molecular weight is 279 g/mol. The predicted molar refractivity (Wildman–Crippen MR) is 78.3 cm³/mol. The molecule has 0 fully saturated rings. The van der Waals surface area contributed by atoms with E-state index in [0.29, 0.717) is 10.7 Å². The molecule has 1 heterocycles. The van der Waals surface area contributed by atoms with Crippen LogP contribution < -0.4 is 0 Å². The van der Waals surface area contributed by atoms with Gasteiger partial charge in [0.2, 0.25) is 0 Å². The lowest BCUT2D eigenvalue weighted by molar-refractivity contribution is 0.508. The number of H-pyrrole nitrogens is 1. The second-order valence-electron chi connectivity index (χ2n) is 4.55. The average Bonchev–Trinajstić information content (AvgIpc) is 2.69. The van der Waals surface area contributed by atoms with Gasteiger partial charge in [-0.05, 0) is 30.3 Å². The van der Waals surface area contributed by atoms with Gasteiger partial charge in [-0.25, -0.2) is 0 Å². The first-order valence-electron chi connectivity index (χ1n) is 5.98. The zero-order valence-corrected chi connectivity index (χ0v) is 12.2. The fourth-order valence-corrected chi connectivity index (χ4v) is 2.77. The maximum atomic E-state index is 5.26. The van der Waals surface area contributed by atoms with Crippen molar-refractivity contribution in [3.8, 4) is 0 Å². The fraction of sp³-hybridized carbons (Fsp3) is 0.385. The highest BCUT2D eigenvalue weighted by Gasteiger charge is 2.08. The van der Waals surface area contributed by atoms with Crippen LogP contribution in [0.15, 0.2) is 35.2 Å². The molecular formula is C13H17N3S2. The Morgan fingerprint density at radius 2 is 2.06 bits per heavy atom. The van der Waals surface area contributed by atoms with Gasteiger partial charge < -0.3 is 4.57 Å². The molecule has 96 valence electrons. The Morgan fingerprint density at radius 3 is 2.72 bits per heavy atom. The minimum absolute atomic E-state index is 0.565. The molecule has 2 aromatic rings. The van der Waals surface area contributed by atoms with Crippen molar-refractivity contribution in [1.82, 2.24) is 14.8 Å². The highest BCUT2D eigenvalue weighted by Crippen LogP contribution is 2.21. The Morgan fingerprint density at radius 1 is 1.33 bits per heavy atom. The second-order valence-corrected chi connectivity index (χ2v) is 5.99. The zero-order valence-electron chi connectivity index (χ0n) is 10.6. The molecule has 0 aliphatic heterocycles. The maximum absolute atomic E-state index is 5.26. The molecule has 0 bridgehead atoms. The first-order valence-corrected chi connectivity index (χ1v) is 7.38. The largest absolute Gasteiger partial charge is 0.303 e. The van der Waals surface area contributed by atoms with E-state index in [0.717, 1.165) is 18.1 Å². The summed E-state index contributed by atoms with van der Waals surface area (Å²) >= 11 is 7.04. The lowest BCUT2D eigenvalue weighted by Gasteiger charge is -2.09. The van der Waals surface area contributed by atoms with Crippen LogP contribution in [0, 0.1) is 10.7 Å². The van der Waals surface area contributed by atoms with E-state index in [2.05, 4.69) is 40.7 Å². The van der Waals surface area contributed by atoms with Crippen LogP contribution in [-0.2, 0) is 12.3 Å². The van der Waals surface area contributed by atoms with Gasteiger partial charge in [0.25, 0.3) is 0 Å². The number of rotatable bonds is 5. The highest BCUT2D eigenvalue weighted by atomic mass is 32.2. The summed E-state index contributed by atoms with van der Waals surface area (Å²) in [7, 11) is 0. The van der Waals surface area contributed by atoms with Crippen molar-refractivity contribution in [3.63, 3.8) is 0 Å². The van der Waals surface area contributed by atoms with E-state index in [4.69, 9.17) is 12.2 Å². The Kier molecular flexibility index (Phi) is 4.60. The van der Waals surface area contributed by atoms with Gasteiger partial charge in [0.05, 0.1) is 5.75 Å². The van der Waals surface area contributed by atoms with Gasteiger partial charge in [0.15, 0.2) is 4.77 Å². The molecule has 0 aliphatic carbocycles. The summed E-state index contributed by atoms with van der Waals surface area (Å²) in [6.45, 7) is 5.28. The summed E-state index contributed by atoms with van der Waals surface area (Å²) in [5.74, 6) is 2.42. The van der Waals surface area contributed by atoms with Crippen LogP contribution in [0.2, 0.25) is 0 Å². The smallest absolute Gasteiger partial charge is 0.195 e. The monoisotopic (exact) mass is 279 g/mol. The number of aromatic amines is 1. The molecule has 0 aliphatic rings. The van der Waals surface area contributed by atoms with Gasteiger partial charge in [0.1, 0.15) is 5.82 Å². The van der Waals surface area contributed by atoms with Crippen LogP contribution in [0.25, 0.3) is 0 Å². The first-order chi connectivity index (χ1) is 8.66. The van der Waals surface area contributed by atoms with Crippen molar-refractivity contribution in [2.45, 2.75) is 31.0 Å². The van der Waals surface area contributed by atoms with Crippen molar-refractivity contribution in [2.75, 3.05) is 0 Å². The molecule has 3 nitrogen and oxygen atoms in total. The standard InChI is InChI=1S/C13H17N3S2/c1-10(2)8-16-12(14-15-13(16)17)9-18-11-6-4-3-5-7-11/h3-7,10H,8-9H2,1-2H3,(H,15,17). The summed E-state index contributed by atoms with van der Waals surface area (Å²) in [5, 5.41) is 7.19. The molecular weight excluding hydrogens is 262 g/mol. The molecule has 0 amide bonds. The molecule has 0 spiro atoms. The number of nitrogens with one attached hydrogen (secondary N) is 1. The second kappa shape index (κ2) is 6.20. The lowest BCUT2D eigenvalue weighted by atomic mass is 10.2. The van der Waals surface area contributed by atoms with Crippen molar-refractivity contribution >= 4 is 24.0 Å². The highest BCUT2D eigenvalue weighted by molar-refractivity contribution is 7.98. The van der Waals surface area contributed by atoms with E-state index in [1.807, 2.05) is 18.2 Å². The maximum Gasteiger partial charge on any atom is 0.195 e. The molecule has 1 N–H and O–H groups in total. The molecule has 18 heavy (non-hydrogen) atoms. The van der Waals surface area contributed by atoms with Gasteiger partial charge in [0, 0.05) is 11.4 Å². The van der Waals surface area contributed by atoms with E-state index in [1.165, 1.54) is 4.90 Å². The number of hydrogen-bond acceptors (Lipinski definition) is 3. The summed E-state index contributed by atoms with van der Waals surface area (Å²) in [6, 6.07) is 10.3. The quantitative estimate of drug-likeness (QED) is 0.666. The molecule has 0 saturated heterocycles. The number of nitrogens with zero attached hydrogens (tertiary/aromatic N) is 2. The molecule has 0 radical (unpaired) electrons. The summed E-state index contributed by atoms with van der Waals surface area (Å²) in [6.07, 6.45) is 0. The third-order valence-corrected chi connectivity index (χ3v) is 3.82. The molecule has 5 heteroatoms. The number of hydrogen-bond donors (Lipinski definition) is 1. The minimum Gasteiger partial charge on any atom is -0.303 e. The predicted octanol–water partition coefficient (Wildman–Crippen LogP) is 3.89. The topological polar surface area (TPSA) is 33.6 Å². The zero-order chi connectivity index (χ0) is 13.0. The van der Waals surface area contributed by atoms with Crippen LogP contribution >= 0.6 is 24.0 Å². The van der Waals surface area contributed by atoms with E-state index in [9.17, 15) is 0 Å². The molecule has 2 rings (SSSR count). The van der Waals surface area contributed by atoms with Crippen LogP contribution in [0.1, 0.15) is 19.7 Å². The molecule has 1 aromatic heterocycles. The van der Waals surface area contributed by atoms with E-state index < -0.39 is 0 Å². The van der Waals surface area contributed by atoms with Crippen LogP contribution in [0.3, 0.4) is 0 Å². The summed E-state index contributed by atoms with van der Waals surface area (Å²) < 4.78 is 2.81. The molecule has 0 unspecified atom stereocenters. The van der Waals surface area contributed by atoms with Crippen LogP contribution in [0.5, 0.6) is 0 Å². The van der Waals surface area contributed by atoms with Crippen molar-refractivity contribution in [3.05, 3.63) is 40.9 Å². The summed E-state index contributed by atoms with van der Waals surface area (Å²) in [5.41, 5.74) is 0. The number of benzene rings is 1. The van der Waals surface area contributed by atoms with Crippen molar-refractivity contribution in [2.24, 2.45) is 5.92 Å². The normalized spacial score (nSPS) is 11.1. The van der Waals surface area contributed by atoms with Gasteiger partial charge in [-0.2, -0.15) is 5.10 Å². The first kappa shape index (κ1) is 13.4. The molecule has 1 aromatic carbocycles. The van der Waals surface area contributed by atoms with E-state index in [1.54, 1.807) is 11.8 Å². The number of aromatic nitrogens is 3. The third-order valence-electron chi connectivity index (χ3n) is 2.50. The minimum atomic E-state index is 0.565. The fourth-order valence-electron chi connectivity index (χ4n) is 1.68. The SMILES string of the molecule is CC(C)Cn1c(CSc2ccccc2)n[nH]c1=S. The molecule has 0 atom stereocenters. The van der Waals surface area contributed by atoms with E-state index >= 15 is 0 Å². The summed E-state index contributed by atoms with van der Waals surface area (Å²) in [4.78, 5) is 1.25. The Hall–Kier alpha value is -1.07. The van der Waals surface area contributed by atoms with Crippen molar-refractivity contribution < 1.29 is 0 Å². The van der Waals surface area contributed by atoms with Gasteiger partial charge in [-0.1, -0.05) is 32.0 Å². The Bertz CT molecular complexity index is 543. The van der Waals surface area contributed by atoms with Crippen molar-refractivity contribution in [1.29, 1.82) is 0 Å². The third kappa shape index (κ3) is 3.46. The number of thioether (sulfide) groups is 1. The van der Waals surface area contributed by atoms with Gasteiger partial charge in [-0.15, -0.1) is 11.8 Å².